The lowest BCUT2D eigenvalue weighted by atomic mass is 10.2. The summed E-state index contributed by atoms with van der Waals surface area (Å²) in [6.45, 7) is 2.04. The zero-order valence-electron chi connectivity index (χ0n) is 12.5. The van der Waals surface area contributed by atoms with Gasteiger partial charge in [0.2, 0.25) is 5.91 Å². The van der Waals surface area contributed by atoms with Gasteiger partial charge in [0.1, 0.15) is 5.82 Å². The van der Waals surface area contributed by atoms with Crippen LogP contribution in [0, 0.1) is 0 Å². The quantitative estimate of drug-likeness (QED) is 0.857. The molecule has 0 saturated carbocycles. The molecule has 0 radical (unpaired) electrons. The minimum Gasteiger partial charge on any atom is -0.326 e. The van der Waals surface area contributed by atoms with Crippen molar-refractivity contribution in [2.75, 3.05) is 10.6 Å². The number of carbonyl (C=O) groups is 2. The van der Waals surface area contributed by atoms with Crippen LogP contribution in [0.3, 0.4) is 0 Å². The molecule has 0 aliphatic heterocycles. The lowest BCUT2D eigenvalue weighted by Gasteiger charge is -2.07. The summed E-state index contributed by atoms with van der Waals surface area (Å²) in [5, 5.41) is 5.52. The topological polar surface area (TPSA) is 71.1 Å². The molecule has 2 rings (SSSR count). The van der Waals surface area contributed by atoms with Gasteiger partial charge in [-0.15, -0.1) is 0 Å². The first-order valence-electron chi connectivity index (χ1n) is 7.31. The maximum atomic E-state index is 12.1. The molecule has 2 aromatic rings. The van der Waals surface area contributed by atoms with Crippen LogP contribution >= 0.6 is 0 Å². The van der Waals surface area contributed by atoms with Crippen molar-refractivity contribution in [1.29, 1.82) is 0 Å². The third-order valence-electron chi connectivity index (χ3n) is 3.09. The standard InChI is InChI=1S/C17H19N3O2/c1-2-3-7-16(21)19-14-10-8-13(9-11-14)17(22)20-15-6-4-5-12-18-15/h4-6,8-12H,2-3,7H2,1H3,(H,19,21)(H,18,20,22). The van der Waals surface area contributed by atoms with Crippen LogP contribution in [0.15, 0.2) is 48.7 Å². The molecular weight excluding hydrogens is 278 g/mol. The lowest BCUT2D eigenvalue weighted by molar-refractivity contribution is -0.116. The van der Waals surface area contributed by atoms with Crippen molar-refractivity contribution in [2.24, 2.45) is 0 Å². The molecule has 2 N–H and O–H groups in total. The van der Waals surface area contributed by atoms with Gasteiger partial charge < -0.3 is 10.6 Å². The van der Waals surface area contributed by atoms with Gasteiger partial charge in [-0.1, -0.05) is 19.4 Å². The van der Waals surface area contributed by atoms with Crippen LogP contribution in [-0.2, 0) is 4.79 Å². The highest BCUT2D eigenvalue weighted by Gasteiger charge is 2.07. The van der Waals surface area contributed by atoms with E-state index in [1.807, 2.05) is 6.92 Å². The van der Waals surface area contributed by atoms with Gasteiger partial charge in [0.15, 0.2) is 0 Å². The second-order valence-corrected chi connectivity index (χ2v) is 4.90. The number of pyridine rings is 1. The third-order valence-corrected chi connectivity index (χ3v) is 3.09. The highest BCUT2D eigenvalue weighted by atomic mass is 16.2. The smallest absolute Gasteiger partial charge is 0.256 e. The summed E-state index contributed by atoms with van der Waals surface area (Å²) in [5.41, 5.74) is 1.20. The molecule has 0 aliphatic carbocycles. The van der Waals surface area contributed by atoms with E-state index in [4.69, 9.17) is 0 Å². The SMILES string of the molecule is CCCCC(=O)Nc1ccc(C(=O)Nc2ccccn2)cc1. The molecule has 0 aliphatic rings. The van der Waals surface area contributed by atoms with Crippen LogP contribution < -0.4 is 10.6 Å². The Kier molecular flexibility index (Phi) is 5.65. The number of hydrogen-bond donors (Lipinski definition) is 2. The molecule has 0 fully saturated rings. The molecule has 5 nitrogen and oxygen atoms in total. The first-order chi connectivity index (χ1) is 10.7. The highest BCUT2D eigenvalue weighted by molar-refractivity contribution is 6.04. The van der Waals surface area contributed by atoms with E-state index in [-0.39, 0.29) is 11.8 Å². The Morgan fingerprint density at radius 1 is 1.05 bits per heavy atom. The first kappa shape index (κ1) is 15.7. The Labute approximate surface area is 129 Å². The summed E-state index contributed by atoms with van der Waals surface area (Å²) < 4.78 is 0. The Balaban J connectivity index is 1.93. The molecule has 1 heterocycles. The minimum atomic E-state index is -0.234. The predicted molar refractivity (Wildman–Crippen MR) is 86.8 cm³/mol. The van der Waals surface area contributed by atoms with Gasteiger partial charge in [0.25, 0.3) is 5.91 Å². The average molecular weight is 297 g/mol. The number of rotatable bonds is 6. The van der Waals surface area contributed by atoms with Gasteiger partial charge >= 0.3 is 0 Å². The van der Waals surface area contributed by atoms with E-state index in [9.17, 15) is 9.59 Å². The van der Waals surface area contributed by atoms with Crippen LogP contribution in [-0.4, -0.2) is 16.8 Å². The Morgan fingerprint density at radius 2 is 1.82 bits per heavy atom. The summed E-state index contributed by atoms with van der Waals surface area (Å²) in [5.74, 6) is 0.263. The second-order valence-electron chi connectivity index (χ2n) is 4.90. The molecule has 1 aromatic heterocycles. The molecule has 0 bridgehead atoms. The monoisotopic (exact) mass is 297 g/mol. The maximum absolute atomic E-state index is 12.1. The number of carbonyl (C=O) groups excluding carboxylic acids is 2. The van der Waals surface area contributed by atoms with Gasteiger partial charge in [-0.25, -0.2) is 4.98 Å². The van der Waals surface area contributed by atoms with E-state index >= 15 is 0 Å². The van der Waals surface area contributed by atoms with E-state index < -0.39 is 0 Å². The fraction of sp³-hybridized carbons (Fsp3) is 0.235. The molecule has 2 amide bonds. The van der Waals surface area contributed by atoms with Gasteiger partial charge in [0, 0.05) is 23.9 Å². The number of anilines is 2. The number of nitrogens with zero attached hydrogens (tertiary/aromatic N) is 1. The number of hydrogen-bond acceptors (Lipinski definition) is 3. The summed E-state index contributed by atoms with van der Waals surface area (Å²) >= 11 is 0. The Bertz CT molecular complexity index is 624. The summed E-state index contributed by atoms with van der Waals surface area (Å²) in [6, 6.07) is 12.1. The molecule has 114 valence electrons. The zero-order chi connectivity index (χ0) is 15.8. The van der Waals surface area contributed by atoms with Crippen molar-refractivity contribution in [2.45, 2.75) is 26.2 Å². The van der Waals surface area contributed by atoms with Gasteiger partial charge in [-0.2, -0.15) is 0 Å². The van der Waals surface area contributed by atoms with Crippen LogP contribution in [0.25, 0.3) is 0 Å². The average Bonchev–Trinajstić information content (AvgIpc) is 2.54. The van der Waals surface area contributed by atoms with E-state index in [2.05, 4.69) is 15.6 Å². The number of aromatic nitrogens is 1. The lowest BCUT2D eigenvalue weighted by Crippen LogP contribution is -2.14. The molecule has 0 saturated heterocycles. The fourth-order valence-corrected chi connectivity index (χ4v) is 1.89. The van der Waals surface area contributed by atoms with Crippen LogP contribution in [0.2, 0.25) is 0 Å². The van der Waals surface area contributed by atoms with E-state index in [1.54, 1.807) is 48.7 Å². The Hall–Kier alpha value is -2.69. The number of amides is 2. The first-order valence-corrected chi connectivity index (χ1v) is 7.31. The van der Waals surface area contributed by atoms with Crippen molar-refractivity contribution >= 4 is 23.3 Å². The molecule has 0 unspecified atom stereocenters. The predicted octanol–water partition coefficient (Wildman–Crippen LogP) is 3.46. The maximum Gasteiger partial charge on any atom is 0.256 e. The van der Waals surface area contributed by atoms with Gasteiger partial charge in [0.05, 0.1) is 0 Å². The van der Waals surface area contributed by atoms with Crippen LogP contribution in [0.5, 0.6) is 0 Å². The largest absolute Gasteiger partial charge is 0.326 e. The van der Waals surface area contributed by atoms with E-state index in [1.165, 1.54) is 0 Å². The second kappa shape index (κ2) is 7.93. The van der Waals surface area contributed by atoms with Crippen molar-refractivity contribution < 1.29 is 9.59 Å². The summed E-state index contributed by atoms with van der Waals surface area (Å²) in [6.07, 6.45) is 3.99. The highest BCUT2D eigenvalue weighted by Crippen LogP contribution is 2.12. The van der Waals surface area contributed by atoms with Crippen molar-refractivity contribution in [1.82, 2.24) is 4.98 Å². The minimum absolute atomic E-state index is 0.00691. The van der Waals surface area contributed by atoms with E-state index in [0.29, 0.717) is 23.5 Å². The summed E-state index contributed by atoms with van der Waals surface area (Å²) in [4.78, 5) is 27.7. The Morgan fingerprint density at radius 3 is 2.45 bits per heavy atom. The van der Waals surface area contributed by atoms with E-state index in [0.717, 1.165) is 12.8 Å². The number of benzene rings is 1. The zero-order valence-corrected chi connectivity index (χ0v) is 12.5. The molecule has 22 heavy (non-hydrogen) atoms. The van der Waals surface area contributed by atoms with Crippen LogP contribution in [0.1, 0.15) is 36.5 Å². The van der Waals surface area contributed by atoms with Gasteiger partial charge in [-0.3, -0.25) is 9.59 Å². The fourth-order valence-electron chi connectivity index (χ4n) is 1.89. The van der Waals surface area contributed by atoms with Crippen LogP contribution in [0.4, 0.5) is 11.5 Å². The third kappa shape index (κ3) is 4.70. The molecule has 5 heteroatoms. The van der Waals surface area contributed by atoms with Crippen molar-refractivity contribution in [3.63, 3.8) is 0 Å². The molecule has 0 spiro atoms. The number of nitrogens with one attached hydrogen (secondary N) is 2. The van der Waals surface area contributed by atoms with Crippen molar-refractivity contribution in [3.8, 4) is 0 Å². The molecule has 1 aromatic carbocycles. The van der Waals surface area contributed by atoms with Gasteiger partial charge in [-0.05, 0) is 42.8 Å². The number of unbranched alkanes of at least 4 members (excludes halogenated alkanes) is 1. The normalized spacial score (nSPS) is 10.0. The summed E-state index contributed by atoms with van der Waals surface area (Å²) in [7, 11) is 0. The molecule has 0 atom stereocenters. The van der Waals surface area contributed by atoms with Crippen molar-refractivity contribution in [3.05, 3.63) is 54.2 Å². The molecular formula is C17H19N3O2.